The Morgan fingerprint density at radius 3 is 2.94 bits per heavy atom. The van der Waals surface area contributed by atoms with Crippen molar-refractivity contribution in [2.75, 3.05) is 0 Å². The number of aromatic nitrogens is 1. The Hall–Kier alpha value is -1.62. The Balaban J connectivity index is 1.76. The van der Waals surface area contributed by atoms with Crippen molar-refractivity contribution >= 4 is 5.91 Å². The highest BCUT2D eigenvalue weighted by atomic mass is 16.3. The molecule has 1 aliphatic rings. The average molecular weight is 235 g/mol. The van der Waals surface area contributed by atoms with Gasteiger partial charge in [-0.3, -0.25) is 9.78 Å². The monoisotopic (exact) mass is 235 g/mol. The maximum Gasteiger partial charge on any atom is 0.237 e. The number of pyridine rings is 1. The van der Waals surface area contributed by atoms with Crippen LogP contribution < -0.4 is 10.6 Å². The molecule has 0 spiro atoms. The van der Waals surface area contributed by atoms with Gasteiger partial charge in [-0.15, -0.1) is 0 Å². The number of aromatic hydroxyl groups is 1. The van der Waals surface area contributed by atoms with E-state index in [0.717, 1.165) is 18.5 Å². The zero-order chi connectivity index (χ0) is 12.3. The number of rotatable bonds is 5. The first-order chi connectivity index (χ1) is 8.15. The summed E-state index contributed by atoms with van der Waals surface area (Å²) in [7, 11) is 0. The first-order valence-corrected chi connectivity index (χ1v) is 5.83. The van der Waals surface area contributed by atoms with Gasteiger partial charge in [-0.05, 0) is 31.9 Å². The molecule has 5 heteroatoms. The van der Waals surface area contributed by atoms with E-state index in [2.05, 4.69) is 15.6 Å². The molecule has 1 aromatic rings. The SMILES string of the molecule is CC(NCc1ccc(O)cn1)C(=O)NC1CC1. The van der Waals surface area contributed by atoms with Gasteiger partial charge >= 0.3 is 0 Å². The molecule has 3 N–H and O–H groups in total. The van der Waals surface area contributed by atoms with E-state index < -0.39 is 0 Å². The lowest BCUT2D eigenvalue weighted by atomic mass is 10.3. The summed E-state index contributed by atoms with van der Waals surface area (Å²) in [6.07, 6.45) is 3.59. The third-order valence-electron chi connectivity index (χ3n) is 2.72. The molecule has 1 aliphatic carbocycles. The molecule has 17 heavy (non-hydrogen) atoms. The lowest BCUT2D eigenvalue weighted by molar-refractivity contribution is -0.122. The van der Waals surface area contributed by atoms with Gasteiger partial charge in [-0.25, -0.2) is 0 Å². The molecule has 0 aromatic carbocycles. The molecule has 1 aromatic heterocycles. The second-order valence-electron chi connectivity index (χ2n) is 4.39. The normalized spacial score (nSPS) is 16.5. The van der Waals surface area contributed by atoms with Crippen LogP contribution in [0.5, 0.6) is 5.75 Å². The molecular formula is C12H17N3O2. The second-order valence-corrected chi connectivity index (χ2v) is 4.39. The highest BCUT2D eigenvalue weighted by Crippen LogP contribution is 2.18. The van der Waals surface area contributed by atoms with Crippen molar-refractivity contribution in [3.05, 3.63) is 24.0 Å². The number of carbonyl (C=O) groups excluding carboxylic acids is 1. The Kier molecular flexibility index (Phi) is 3.58. The van der Waals surface area contributed by atoms with E-state index in [1.54, 1.807) is 12.1 Å². The average Bonchev–Trinajstić information content (AvgIpc) is 3.11. The van der Waals surface area contributed by atoms with Crippen LogP contribution in [0, 0.1) is 0 Å². The zero-order valence-electron chi connectivity index (χ0n) is 9.81. The molecule has 5 nitrogen and oxygen atoms in total. The van der Waals surface area contributed by atoms with Gasteiger partial charge in [-0.1, -0.05) is 0 Å². The van der Waals surface area contributed by atoms with Gasteiger partial charge in [0.15, 0.2) is 0 Å². The Labute approximate surface area is 100 Å². The van der Waals surface area contributed by atoms with E-state index in [0.29, 0.717) is 12.6 Å². The van der Waals surface area contributed by atoms with E-state index in [4.69, 9.17) is 5.11 Å². The van der Waals surface area contributed by atoms with Gasteiger partial charge in [0.05, 0.1) is 17.9 Å². The van der Waals surface area contributed by atoms with E-state index in [9.17, 15) is 4.79 Å². The van der Waals surface area contributed by atoms with Crippen LogP contribution in [0.4, 0.5) is 0 Å². The van der Waals surface area contributed by atoms with E-state index in [1.807, 2.05) is 6.92 Å². The molecule has 1 amide bonds. The minimum Gasteiger partial charge on any atom is -0.506 e. The van der Waals surface area contributed by atoms with Crippen LogP contribution in [-0.2, 0) is 11.3 Å². The molecule has 0 bridgehead atoms. The van der Waals surface area contributed by atoms with Crippen LogP contribution in [0.1, 0.15) is 25.5 Å². The van der Waals surface area contributed by atoms with Crippen molar-refractivity contribution in [1.29, 1.82) is 0 Å². The molecule has 1 atom stereocenters. The summed E-state index contributed by atoms with van der Waals surface area (Å²) in [6, 6.07) is 3.47. The summed E-state index contributed by atoms with van der Waals surface area (Å²) in [4.78, 5) is 15.7. The topological polar surface area (TPSA) is 74.2 Å². The van der Waals surface area contributed by atoms with Crippen LogP contribution in [0.25, 0.3) is 0 Å². The number of hydrogen-bond donors (Lipinski definition) is 3. The van der Waals surface area contributed by atoms with Gasteiger partial charge < -0.3 is 15.7 Å². The molecule has 0 radical (unpaired) electrons. The highest BCUT2D eigenvalue weighted by Gasteiger charge is 2.25. The van der Waals surface area contributed by atoms with Crippen LogP contribution in [-0.4, -0.2) is 28.1 Å². The third-order valence-corrected chi connectivity index (χ3v) is 2.72. The van der Waals surface area contributed by atoms with E-state index in [1.165, 1.54) is 6.20 Å². The number of nitrogens with zero attached hydrogens (tertiary/aromatic N) is 1. The highest BCUT2D eigenvalue weighted by molar-refractivity contribution is 5.81. The van der Waals surface area contributed by atoms with Crippen LogP contribution >= 0.6 is 0 Å². The largest absolute Gasteiger partial charge is 0.506 e. The number of nitrogens with one attached hydrogen (secondary N) is 2. The second kappa shape index (κ2) is 5.14. The maximum absolute atomic E-state index is 11.6. The predicted molar refractivity (Wildman–Crippen MR) is 63.4 cm³/mol. The fraction of sp³-hybridized carbons (Fsp3) is 0.500. The van der Waals surface area contributed by atoms with Gasteiger partial charge in [0.2, 0.25) is 5.91 Å². The molecule has 1 saturated carbocycles. The minimum absolute atomic E-state index is 0.0336. The molecule has 92 valence electrons. The van der Waals surface area contributed by atoms with Gasteiger partial charge in [0, 0.05) is 12.6 Å². The molecule has 1 unspecified atom stereocenters. The minimum atomic E-state index is -0.230. The molecular weight excluding hydrogens is 218 g/mol. The van der Waals surface area contributed by atoms with Crippen LogP contribution in [0.3, 0.4) is 0 Å². The Bertz CT molecular complexity index is 387. The lowest BCUT2D eigenvalue weighted by Crippen LogP contribution is -2.42. The zero-order valence-corrected chi connectivity index (χ0v) is 9.81. The summed E-state index contributed by atoms with van der Waals surface area (Å²) in [5.74, 6) is 0.180. The van der Waals surface area contributed by atoms with Crippen LogP contribution in [0.15, 0.2) is 18.3 Å². The Morgan fingerprint density at radius 2 is 2.35 bits per heavy atom. The molecule has 0 saturated heterocycles. The predicted octanol–water partition coefficient (Wildman–Crippen LogP) is 0.544. The van der Waals surface area contributed by atoms with Crippen molar-refractivity contribution < 1.29 is 9.90 Å². The van der Waals surface area contributed by atoms with E-state index in [-0.39, 0.29) is 17.7 Å². The lowest BCUT2D eigenvalue weighted by Gasteiger charge is -2.13. The van der Waals surface area contributed by atoms with Gasteiger partial charge in [0.25, 0.3) is 0 Å². The standard InChI is InChI=1S/C12H17N3O2/c1-8(12(17)15-9-2-3-9)13-6-10-4-5-11(16)7-14-10/h4-5,7-9,13,16H,2-3,6H2,1H3,(H,15,17). The van der Waals surface area contributed by atoms with Crippen molar-refractivity contribution in [3.63, 3.8) is 0 Å². The van der Waals surface area contributed by atoms with Crippen LogP contribution in [0.2, 0.25) is 0 Å². The molecule has 0 aliphatic heterocycles. The summed E-state index contributed by atoms with van der Waals surface area (Å²) >= 11 is 0. The van der Waals surface area contributed by atoms with Crippen molar-refractivity contribution in [1.82, 2.24) is 15.6 Å². The molecule has 1 heterocycles. The van der Waals surface area contributed by atoms with Crippen molar-refractivity contribution in [2.45, 2.75) is 38.4 Å². The molecule has 1 fully saturated rings. The Morgan fingerprint density at radius 1 is 1.59 bits per heavy atom. The number of carbonyl (C=O) groups is 1. The fourth-order valence-corrected chi connectivity index (χ4v) is 1.43. The van der Waals surface area contributed by atoms with Crippen molar-refractivity contribution in [3.8, 4) is 5.75 Å². The summed E-state index contributed by atoms with van der Waals surface area (Å²) in [5.41, 5.74) is 0.800. The van der Waals surface area contributed by atoms with Crippen molar-refractivity contribution in [2.24, 2.45) is 0 Å². The fourth-order valence-electron chi connectivity index (χ4n) is 1.43. The number of amides is 1. The third kappa shape index (κ3) is 3.71. The van der Waals surface area contributed by atoms with Gasteiger partial charge in [-0.2, -0.15) is 0 Å². The summed E-state index contributed by atoms with van der Waals surface area (Å²) in [5, 5.41) is 15.1. The molecule has 2 rings (SSSR count). The van der Waals surface area contributed by atoms with E-state index >= 15 is 0 Å². The summed E-state index contributed by atoms with van der Waals surface area (Å²) < 4.78 is 0. The number of hydrogen-bond acceptors (Lipinski definition) is 4. The van der Waals surface area contributed by atoms with Gasteiger partial charge in [0.1, 0.15) is 5.75 Å². The smallest absolute Gasteiger partial charge is 0.237 e. The maximum atomic E-state index is 11.6. The first kappa shape index (κ1) is 11.9. The summed E-state index contributed by atoms with van der Waals surface area (Å²) in [6.45, 7) is 2.34. The quantitative estimate of drug-likeness (QED) is 0.696. The first-order valence-electron chi connectivity index (χ1n) is 5.83.